The number of aromatic nitrogens is 3. The molecule has 0 saturated heterocycles. The van der Waals surface area contributed by atoms with Gasteiger partial charge in [-0.05, 0) is 43.1 Å². The van der Waals surface area contributed by atoms with E-state index in [1.54, 1.807) is 12.4 Å². The Balaban J connectivity index is 0.000000244. The summed E-state index contributed by atoms with van der Waals surface area (Å²) in [5, 5.41) is 20.2. The van der Waals surface area contributed by atoms with Gasteiger partial charge in [0.15, 0.2) is 0 Å². The van der Waals surface area contributed by atoms with Gasteiger partial charge in [0.1, 0.15) is 0 Å². The Morgan fingerprint density at radius 3 is 1.12 bits per heavy atom. The molecular weight excluding hydrogens is 306 g/mol. The van der Waals surface area contributed by atoms with Gasteiger partial charge >= 0.3 is 0 Å². The Morgan fingerprint density at radius 2 is 0.840 bits per heavy atom. The van der Waals surface area contributed by atoms with Crippen molar-refractivity contribution in [3.63, 3.8) is 0 Å². The third-order valence-corrected chi connectivity index (χ3v) is 4.72. The van der Waals surface area contributed by atoms with Crippen LogP contribution in [0.15, 0.2) is 85.2 Å². The Kier molecular flexibility index (Phi) is 3.10. The summed E-state index contributed by atoms with van der Waals surface area (Å²) in [6, 6.07) is 26.4. The zero-order chi connectivity index (χ0) is 16.6. The Labute approximate surface area is 144 Å². The Morgan fingerprint density at radius 1 is 0.480 bits per heavy atom. The molecule has 25 heavy (non-hydrogen) atoms. The lowest BCUT2D eigenvalue weighted by molar-refractivity contribution is 0.940. The quantitative estimate of drug-likeness (QED) is 0.295. The van der Waals surface area contributed by atoms with Crippen molar-refractivity contribution >= 4 is 43.1 Å². The molecule has 0 aliphatic carbocycles. The number of hydrogen-bond donors (Lipinski definition) is 1. The molecule has 1 aromatic heterocycles. The number of fused-ring (bicyclic) bond motifs is 2. The number of rotatable bonds is 0. The molecule has 1 N–H and O–H groups in total. The van der Waals surface area contributed by atoms with Gasteiger partial charge in [0, 0.05) is 0 Å². The molecule has 0 amide bonds. The second-order valence-electron chi connectivity index (χ2n) is 6.07. The smallest absolute Gasteiger partial charge is 0.0690 e. The van der Waals surface area contributed by atoms with Crippen LogP contribution in [0.5, 0.6) is 0 Å². The molecule has 0 fully saturated rings. The maximum absolute atomic E-state index is 3.49. The maximum Gasteiger partial charge on any atom is 0.0690 e. The number of H-pyrrole nitrogens is 1. The number of hydrogen-bond acceptors (Lipinski definition) is 2. The van der Waals surface area contributed by atoms with Gasteiger partial charge in [-0.2, -0.15) is 15.4 Å². The molecule has 0 spiro atoms. The highest BCUT2D eigenvalue weighted by Crippen LogP contribution is 2.39. The van der Waals surface area contributed by atoms with Crippen LogP contribution in [0.2, 0.25) is 0 Å². The Hall–Kier alpha value is -3.46. The summed E-state index contributed by atoms with van der Waals surface area (Å²) >= 11 is 0. The van der Waals surface area contributed by atoms with Crippen LogP contribution in [-0.4, -0.2) is 15.4 Å². The fourth-order valence-corrected chi connectivity index (χ4v) is 3.75. The standard InChI is InChI=1S/C20H12.C2H3N3/c1-5-13-6-2-11-17-18-12-4-8-14-7-3-10-16(20(14)18)15(9-1)19(13)17;1-2-4-5-3-1/h1-12H;1-2H,(H,3,4,5). The van der Waals surface area contributed by atoms with Crippen molar-refractivity contribution in [1.82, 2.24) is 15.4 Å². The van der Waals surface area contributed by atoms with E-state index in [2.05, 4.69) is 88.2 Å². The number of aromatic amines is 1. The van der Waals surface area contributed by atoms with Crippen molar-refractivity contribution in [3.8, 4) is 0 Å². The molecule has 6 rings (SSSR count). The zero-order valence-electron chi connectivity index (χ0n) is 13.5. The predicted molar refractivity (Wildman–Crippen MR) is 104 cm³/mol. The molecule has 0 aliphatic rings. The van der Waals surface area contributed by atoms with Gasteiger partial charge in [-0.15, -0.1) is 0 Å². The monoisotopic (exact) mass is 321 g/mol. The molecular formula is C22H15N3. The topological polar surface area (TPSA) is 41.6 Å². The first-order valence-electron chi connectivity index (χ1n) is 8.27. The molecule has 6 aromatic rings. The van der Waals surface area contributed by atoms with Gasteiger partial charge in [0.05, 0.1) is 12.4 Å². The van der Waals surface area contributed by atoms with Crippen molar-refractivity contribution < 1.29 is 0 Å². The second kappa shape index (κ2) is 5.56. The maximum atomic E-state index is 3.49. The highest BCUT2D eigenvalue weighted by atomic mass is 15.3. The molecule has 0 radical (unpaired) electrons. The average Bonchev–Trinajstić information content (AvgIpc) is 3.26. The second-order valence-corrected chi connectivity index (χ2v) is 6.07. The van der Waals surface area contributed by atoms with Crippen molar-refractivity contribution in [2.75, 3.05) is 0 Å². The third kappa shape index (κ3) is 2.13. The number of nitrogens with zero attached hydrogens (tertiary/aromatic N) is 2. The predicted octanol–water partition coefficient (Wildman–Crippen LogP) is 5.54. The van der Waals surface area contributed by atoms with Crippen molar-refractivity contribution in [2.24, 2.45) is 0 Å². The van der Waals surface area contributed by atoms with Gasteiger partial charge in [-0.3, -0.25) is 0 Å². The fraction of sp³-hybridized carbons (Fsp3) is 0. The minimum absolute atomic E-state index is 1.33. The van der Waals surface area contributed by atoms with E-state index in [1.807, 2.05) is 0 Å². The van der Waals surface area contributed by atoms with Crippen molar-refractivity contribution in [2.45, 2.75) is 0 Å². The minimum Gasteiger partial charge on any atom is -0.198 e. The summed E-state index contributed by atoms with van der Waals surface area (Å²) in [7, 11) is 0. The molecule has 0 unspecified atom stereocenters. The van der Waals surface area contributed by atoms with Crippen LogP contribution in [0.25, 0.3) is 43.1 Å². The molecule has 0 saturated carbocycles. The summed E-state index contributed by atoms with van der Waals surface area (Å²) < 4.78 is 0. The molecule has 3 heteroatoms. The first-order valence-corrected chi connectivity index (χ1v) is 8.27. The number of benzene rings is 5. The van der Waals surface area contributed by atoms with E-state index >= 15 is 0 Å². The molecule has 118 valence electrons. The molecule has 1 heterocycles. The summed E-state index contributed by atoms with van der Waals surface area (Å²) in [6.45, 7) is 0. The van der Waals surface area contributed by atoms with Crippen LogP contribution < -0.4 is 0 Å². The lowest BCUT2D eigenvalue weighted by Gasteiger charge is -2.13. The van der Waals surface area contributed by atoms with E-state index < -0.39 is 0 Å². The van der Waals surface area contributed by atoms with Crippen LogP contribution in [-0.2, 0) is 0 Å². The number of nitrogens with one attached hydrogen (secondary N) is 1. The summed E-state index contributed by atoms with van der Waals surface area (Å²) in [4.78, 5) is 0. The van der Waals surface area contributed by atoms with E-state index in [0.717, 1.165) is 0 Å². The fourth-order valence-electron chi connectivity index (χ4n) is 3.75. The highest BCUT2D eigenvalue weighted by Gasteiger charge is 2.11. The summed E-state index contributed by atoms with van der Waals surface area (Å²) in [5.41, 5.74) is 0. The van der Waals surface area contributed by atoms with E-state index in [4.69, 9.17) is 0 Å². The van der Waals surface area contributed by atoms with Gasteiger partial charge in [0.25, 0.3) is 0 Å². The lowest BCUT2D eigenvalue weighted by atomic mass is 9.90. The zero-order valence-corrected chi connectivity index (χ0v) is 13.5. The summed E-state index contributed by atoms with van der Waals surface area (Å²) in [5.74, 6) is 0. The molecule has 5 aromatic carbocycles. The first-order chi connectivity index (χ1) is 12.4. The highest BCUT2D eigenvalue weighted by molar-refractivity contribution is 6.32. The largest absolute Gasteiger partial charge is 0.198 e. The lowest BCUT2D eigenvalue weighted by Crippen LogP contribution is -1.85. The summed E-state index contributed by atoms with van der Waals surface area (Å²) in [6.07, 6.45) is 3.17. The van der Waals surface area contributed by atoms with E-state index in [9.17, 15) is 0 Å². The minimum atomic E-state index is 1.33. The van der Waals surface area contributed by atoms with Gasteiger partial charge < -0.3 is 0 Å². The van der Waals surface area contributed by atoms with Crippen molar-refractivity contribution in [1.29, 1.82) is 0 Å². The SMILES string of the molecule is c1cc2cccc3c4cccc5cccc(c(c1)c23)c54.c1cn[nH]n1. The third-order valence-electron chi connectivity index (χ3n) is 4.72. The van der Waals surface area contributed by atoms with Crippen LogP contribution >= 0.6 is 0 Å². The first kappa shape index (κ1) is 13.9. The van der Waals surface area contributed by atoms with E-state index in [1.165, 1.54) is 43.1 Å². The van der Waals surface area contributed by atoms with Crippen LogP contribution in [0.4, 0.5) is 0 Å². The average molecular weight is 321 g/mol. The van der Waals surface area contributed by atoms with Crippen LogP contribution in [0.1, 0.15) is 0 Å². The normalized spacial score (nSPS) is 11.2. The molecule has 0 atom stereocenters. The van der Waals surface area contributed by atoms with E-state index in [-0.39, 0.29) is 0 Å². The molecule has 0 bridgehead atoms. The molecule has 3 nitrogen and oxygen atoms in total. The van der Waals surface area contributed by atoms with Gasteiger partial charge in [-0.25, -0.2) is 0 Å². The van der Waals surface area contributed by atoms with E-state index in [0.29, 0.717) is 0 Å². The van der Waals surface area contributed by atoms with Crippen LogP contribution in [0.3, 0.4) is 0 Å². The van der Waals surface area contributed by atoms with Gasteiger partial charge in [-0.1, -0.05) is 72.8 Å². The molecule has 0 aliphatic heterocycles. The van der Waals surface area contributed by atoms with Gasteiger partial charge in [0.2, 0.25) is 0 Å². The van der Waals surface area contributed by atoms with Crippen molar-refractivity contribution in [3.05, 3.63) is 85.2 Å². The Bertz CT molecular complexity index is 1100. The van der Waals surface area contributed by atoms with Crippen LogP contribution in [0, 0.1) is 0 Å².